The van der Waals surface area contributed by atoms with Crippen LogP contribution in [0.1, 0.15) is 38.8 Å². The smallest absolute Gasteiger partial charge is 0.318 e. The maximum Gasteiger partial charge on any atom is 0.318 e. The maximum absolute atomic E-state index is 13.5. The predicted octanol–water partition coefficient (Wildman–Crippen LogP) is 4.38. The van der Waals surface area contributed by atoms with Crippen LogP contribution in [0.5, 0.6) is 11.5 Å². The number of carbonyl (C=O) groups excluding carboxylic acids is 2. The number of ether oxygens (including phenoxy) is 2. The SMILES string of the molecule is COc1ccc(-c2ccc(N3CCCN(C(=O)CN(C(=O)NC(C)C)C(C)c4ccccc4)CC3)nn2)c(OC)c1. The highest BCUT2D eigenvalue weighted by Crippen LogP contribution is 2.32. The summed E-state index contributed by atoms with van der Waals surface area (Å²) in [5.41, 5.74) is 2.51. The molecule has 0 radical (unpaired) electrons. The second-order valence-electron chi connectivity index (χ2n) is 10.4. The van der Waals surface area contributed by atoms with Crippen LogP contribution in [-0.4, -0.2) is 84.9 Å². The summed E-state index contributed by atoms with van der Waals surface area (Å²) in [4.78, 5) is 32.2. The van der Waals surface area contributed by atoms with E-state index in [0.717, 1.165) is 29.9 Å². The van der Waals surface area contributed by atoms with E-state index in [0.29, 0.717) is 36.8 Å². The molecule has 218 valence electrons. The third kappa shape index (κ3) is 7.45. The lowest BCUT2D eigenvalue weighted by atomic mass is 10.1. The fourth-order valence-corrected chi connectivity index (χ4v) is 4.92. The minimum Gasteiger partial charge on any atom is -0.497 e. The summed E-state index contributed by atoms with van der Waals surface area (Å²) in [6, 6.07) is 18.7. The molecular weight excluding hydrogens is 520 g/mol. The number of nitrogens with zero attached hydrogens (tertiary/aromatic N) is 5. The fourth-order valence-electron chi connectivity index (χ4n) is 4.92. The van der Waals surface area contributed by atoms with Crippen LogP contribution >= 0.6 is 0 Å². The lowest BCUT2D eigenvalue weighted by Gasteiger charge is -2.32. The molecule has 0 spiro atoms. The molecule has 0 saturated carbocycles. The van der Waals surface area contributed by atoms with E-state index >= 15 is 0 Å². The Labute approximate surface area is 242 Å². The number of hydrogen-bond donors (Lipinski definition) is 1. The van der Waals surface area contributed by atoms with Gasteiger partial charge in [0.1, 0.15) is 18.0 Å². The lowest BCUT2D eigenvalue weighted by molar-refractivity contribution is -0.132. The molecule has 3 amide bonds. The van der Waals surface area contributed by atoms with Gasteiger partial charge in [0, 0.05) is 43.9 Å². The second-order valence-corrected chi connectivity index (χ2v) is 10.4. The first kappa shape index (κ1) is 29.6. The van der Waals surface area contributed by atoms with E-state index in [1.54, 1.807) is 19.1 Å². The Kier molecular flexibility index (Phi) is 10.00. The molecule has 1 N–H and O–H groups in total. The molecule has 1 saturated heterocycles. The Morgan fingerprint density at radius 3 is 2.37 bits per heavy atom. The number of amides is 3. The molecule has 1 aliphatic rings. The Balaban J connectivity index is 1.42. The van der Waals surface area contributed by atoms with Crippen molar-refractivity contribution in [3.8, 4) is 22.8 Å². The zero-order valence-corrected chi connectivity index (χ0v) is 24.5. The van der Waals surface area contributed by atoms with Crippen molar-refractivity contribution in [1.82, 2.24) is 25.3 Å². The summed E-state index contributed by atoms with van der Waals surface area (Å²) >= 11 is 0. The summed E-state index contributed by atoms with van der Waals surface area (Å²) < 4.78 is 10.8. The van der Waals surface area contributed by atoms with Crippen LogP contribution in [0.25, 0.3) is 11.3 Å². The van der Waals surface area contributed by atoms with Crippen molar-refractivity contribution < 1.29 is 19.1 Å². The van der Waals surface area contributed by atoms with Gasteiger partial charge in [0.2, 0.25) is 5.91 Å². The monoisotopic (exact) mass is 560 g/mol. The van der Waals surface area contributed by atoms with Gasteiger partial charge in [-0.15, -0.1) is 10.2 Å². The third-order valence-electron chi connectivity index (χ3n) is 7.24. The first-order valence-corrected chi connectivity index (χ1v) is 14.0. The first-order chi connectivity index (χ1) is 19.8. The molecule has 10 heteroatoms. The predicted molar refractivity (Wildman–Crippen MR) is 159 cm³/mol. The van der Waals surface area contributed by atoms with E-state index in [9.17, 15) is 9.59 Å². The number of hydrogen-bond acceptors (Lipinski definition) is 7. The first-order valence-electron chi connectivity index (χ1n) is 14.0. The number of anilines is 1. The molecule has 1 unspecified atom stereocenters. The maximum atomic E-state index is 13.5. The highest BCUT2D eigenvalue weighted by atomic mass is 16.5. The zero-order valence-electron chi connectivity index (χ0n) is 24.5. The van der Waals surface area contributed by atoms with Crippen LogP contribution in [0, 0.1) is 0 Å². The Morgan fingerprint density at radius 1 is 0.927 bits per heavy atom. The van der Waals surface area contributed by atoms with Crippen molar-refractivity contribution in [2.24, 2.45) is 0 Å². The number of aromatic nitrogens is 2. The van der Waals surface area contributed by atoms with Crippen LogP contribution in [0.2, 0.25) is 0 Å². The van der Waals surface area contributed by atoms with E-state index in [4.69, 9.17) is 9.47 Å². The summed E-state index contributed by atoms with van der Waals surface area (Å²) in [6.45, 7) is 8.31. The molecule has 2 heterocycles. The van der Waals surface area contributed by atoms with Gasteiger partial charge >= 0.3 is 6.03 Å². The number of rotatable bonds is 9. The van der Waals surface area contributed by atoms with Gasteiger partial charge in [0.25, 0.3) is 0 Å². The van der Waals surface area contributed by atoms with Gasteiger partial charge in [-0.2, -0.15) is 0 Å². The highest BCUT2D eigenvalue weighted by molar-refractivity contribution is 5.84. The summed E-state index contributed by atoms with van der Waals surface area (Å²) in [5, 5.41) is 11.9. The quantitative estimate of drug-likeness (QED) is 0.415. The molecule has 41 heavy (non-hydrogen) atoms. The van der Waals surface area contributed by atoms with E-state index in [-0.39, 0.29) is 30.6 Å². The van der Waals surface area contributed by atoms with Gasteiger partial charge in [-0.25, -0.2) is 4.79 Å². The van der Waals surface area contributed by atoms with Gasteiger partial charge in [0.05, 0.1) is 26.0 Å². The largest absolute Gasteiger partial charge is 0.497 e. The normalized spacial score (nSPS) is 14.3. The number of carbonyl (C=O) groups is 2. The van der Waals surface area contributed by atoms with Gasteiger partial charge in [-0.1, -0.05) is 30.3 Å². The molecular formula is C31H40N6O4. The van der Waals surface area contributed by atoms with Crippen LogP contribution in [0.4, 0.5) is 10.6 Å². The van der Waals surface area contributed by atoms with Crippen molar-refractivity contribution in [2.45, 2.75) is 39.3 Å². The van der Waals surface area contributed by atoms with E-state index in [1.165, 1.54) is 0 Å². The molecule has 3 aromatic rings. The van der Waals surface area contributed by atoms with Gasteiger partial charge in [0.15, 0.2) is 5.82 Å². The van der Waals surface area contributed by atoms with E-state index in [1.807, 2.05) is 86.3 Å². The summed E-state index contributed by atoms with van der Waals surface area (Å²) in [7, 11) is 3.23. The number of urea groups is 1. The average Bonchev–Trinajstić information content (AvgIpc) is 3.26. The van der Waals surface area contributed by atoms with Gasteiger partial charge < -0.3 is 29.5 Å². The minimum absolute atomic E-state index is 0.00676. The summed E-state index contributed by atoms with van der Waals surface area (Å²) in [5.74, 6) is 2.05. The van der Waals surface area contributed by atoms with Crippen LogP contribution in [0.15, 0.2) is 60.7 Å². The second kappa shape index (κ2) is 13.8. The van der Waals surface area contributed by atoms with Crippen molar-refractivity contribution in [3.05, 3.63) is 66.2 Å². The fraction of sp³-hybridized carbons (Fsp3) is 0.419. The van der Waals surface area contributed by atoms with Crippen molar-refractivity contribution in [1.29, 1.82) is 0 Å². The minimum atomic E-state index is -0.250. The summed E-state index contributed by atoms with van der Waals surface area (Å²) in [6.07, 6.45) is 0.786. The third-order valence-corrected chi connectivity index (χ3v) is 7.24. The average molecular weight is 561 g/mol. The number of methoxy groups -OCH3 is 2. The standard InChI is InChI=1S/C31H40N6O4/c1-22(2)32-31(39)37(23(3)24-10-7-6-8-11-24)21-30(38)36-17-9-16-35(18-19-36)29-15-14-27(33-34-29)26-13-12-25(40-4)20-28(26)41-5/h6-8,10-15,20,22-23H,9,16-19,21H2,1-5H3,(H,32,39). The molecule has 0 aliphatic carbocycles. The van der Waals surface area contributed by atoms with Crippen molar-refractivity contribution in [3.63, 3.8) is 0 Å². The molecule has 4 rings (SSSR count). The van der Waals surface area contributed by atoms with E-state index in [2.05, 4.69) is 20.4 Å². The molecule has 1 atom stereocenters. The van der Waals surface area contributed by atoms with Crippen molar-refractivity contribution >= 4 is 17.8 Å². The number of benzene rings is 2. The van der Waals surface area contributed by atoms with Gasteiger partial charge in [-0.05, 0) is 57.0 Å². The molecule has 1 fully saturated rings. The molecule has 2 aromatic carbocycles. The molecule has 0 bridgehead atoms. The van der Waals surface area contributed by atoms with E-state index < -0.39 is 0 Å². The molecule has 1 aliphatic heterocycles. The zero-order chi connectivity index (χ0) is 29.4. The molecule has 10 nitrogen and oxygen atoms in total. The Morgan fingerprint density at radius 2 is 1.71 bits per heavy atom. The van der Waals surface area contributed by atoms with Crippen LogP contribution in [0.3, 0.4) is 0 Å². The Hall–Kier alpha value is -4.34. The van der Waals surface area contributed by atoms with Crippen molar-refractivity contribution in [2.75, 3.05) is 51.8 Å². The highest BCUT2D eigenvalue weighted by Gasteiger charge is 2.28. The lowest BCUT2D eigenvalue weighted by Crippen LogP contribution is -2.49. The number of nitrogens with one attached hydrogen (secondary N) is 1. The van der Waals surface area contributed by atoms with Gasteiger partial charge in [-0.3, -0.25) is 4.79 Å². The topological polar surface area (TPSA) is 100 Å². The van der Waals surface area contributed by atoms with Crippen LogP contribution < -0.4 is 19.7 Å². The van der Waals surface area contributed by atoms with Crippen LogP contribution in [-0.2, 0) is 4.79 Å². The Bertz CT molecular complexity index is 1300. The molecule has 1 aromatic heterocycles.